The van der Waals surface area contributed by atoms with Gasteiger partial charge in [-0.3, -0.25) is 5.32 Å². The lowest BCUT2D eigenvalue weighted by molar-refractivity contribution is -0.0168. The molecule has 2 aromatic heterocycles. The van der Waals surface area contributed by atoms with Crippen LogP contribution in [0.25, 0.3) is 11.3 Å². The van der Waals surface area contributed by atoms with Crippen molar-refractivity contribution in [3.63, 3.8) is 0 Å². The highest BCUT2D eigenvalue weighted by Crippen LogP contribution is 2.42. The van der Waals surface area contributed by atoms with Gasteiger partial charge in [-0.05, 0) is 25.1 Å². The zero-order chi connectivity index (χ0) is 23.0. The lowest BCUT2D eigenvalue weighted by Crippen LogP contribution is -2.49. The van der Waals surface area contributed by atoms with Gasteiger partial charge in [0.2, 0.25) is 0 Å². The molecule has 7 nitrogen and oxygen atoms in total. The van der Waals surface area contributed by atoms with Crippen LogP contribution in [0.3, 0.4) is 0 Å². The van der Waals surface area contributed by atoms with Gasteiger partial charge in [-0.2, -0.15) is 0 Å². The number of pyridine rings is 2. The van der Waals surface area contributed by atoms with Gasteiger partial charge in [0.05, 0.1) is 11.3 Å². The summed E-state index contributed by atoms with van der Waals surface area (Å²) < 4.78 is 61.7. The molecule has 4 rings (SSSR count). The van der Waals surface area contributed by atoms with Crippen molar-refractivity contribution < 1.29 is 27.1 Å². The van der Waals surface area contributed by atoms with Crippen LogP contribution in [0.5, 0.6) is 0 Å². The largest absolute Gasteiger partial charge is 0.435 e. The summed E-state index contributed by atoms with van der Waals surface area (Å²) in [6, 6.07) is 4.09. The van der Waals surface area contributed by atoms with E-state index in [1.807, 2.05) is 11.8 Å². The van der Waals surface area contributed by atoms with Gasteiger partial charge in [-0.1, -0.05) is 6.92 Å². The van der Waals surface area contributed by atoms with E-state index >= 15 is 0 Å². The number of carbonyl (C=O) groups excluding carboxylic acids is 1. The SMILES string of the molecule is CCC(F)(F)c1cc(-c2ccnc3c2[C@H](C(F)F)OC(=O)N3)nc(N2CCN[C@@H](C)C2)c1. The average Bonchev–Trinajstić information content (AvgIpc) is 2.77. The molecule has 0 radical (unpaired) electrons. The number of ether oxygens (including phenoxy) is 1. The van der Waals surface area contributed by atoms with Crippen molar-refractivity contribution in [1.29, 1.82) is 0 Å². The maximum absolute atomic E-state index is 14.7. The molecule has 11 heteroatoms. The first-order chi connectivity index (χ1) is 15.2. The number of rotatable bonds is 5. The smallest absolute Gasteiger partial charge is 0.413 e. The predicted molar refractivity (Wildman–Crippen MR) is 110 cm³/mol. The fourth-order valence-corrected chi connectivity index (χ4v) is 3.93. The third kappa shape index (κ3) is 4.21. The number of fused-ring (bicyclic) bond motifs is 1. The average molecular weight is 453 g/mol. The molecule has 4 heterocycles. The van der Waals surface area contributed by atoms with Crippen LogP contribution in [0.2, 0.25) is 0 Å². The Morgan fingerprint density at radius 1 is 1.34 bits per heavy atom. The van der Waals surface area contributed by atoms with Crippen LogP contribution in [0.4, 0.5) is 34.0 Å². The Morgan fingerprint density at radius 2 is 2.12 bits per heavy atom. The summed E-state index contributed by atoms with van der Waals surface area (Å²) in [6.07, 6.45) is -5.09. The van der Waals surface area contributed by atoms with Gasteiger partial charge in [-0.15, -0.1) is 0 Å². The van der Waals surface area contributed by atoms with Crippen LogP contribution >= 0.6 is 0 Å². The first-order valence-electron chi connectivity index (χ1n) is 10.3. The van der Waals surface area contributed by atoms with Gasteiger partial charge in [0.15, 0.2) is 6.10 Å². The van der Waals surface area contributed by atoms with Gasteiger partial charge in [0, 0.05) is 49.4 Å². The molecule has 0 aromatic carbocycles. The molecular formula is C21H23F4N5O2. The lowest BCUT2D eigenvalue weighted by atomic mass is 9.97. The van der Waals surface area contributed by atoms with Crippen molar-refractivity contribution in [3.05, 3.63) is 35.5 Å². The second kappa shape index (κ2) is 8.53. The van der Waals surface area contributed by atoms with Gasteiger partial charge in [0.1, 0.15) is 11.6 Å². The molecule has 0 bridgehead atoms. The second-order valence-corrected chi connectivity index (χ2v) is 7.86. The van der Waals surface area contributed by atoms with Crippen LogP contribution in [0.15, 0.2) is 24.4 Å². The number of cyclic esters (lactones) is 1. The number of halogens is 4. The molecule has 2 aromatic rings. The highest BCUT2D eigenvalue weighted by atomic mass is 19.3. The quantitative estimate of drug-likeness (QED) is 0.657. The van der Waals surface area contributed by atoms with E-state index in [-0.39, 0.29) is 34.2 Å². The Morgan fingerprint density at radius 3 is 2.81 bits per heavy atom. The van der Waals surface area contributed by atoms with Gasteiger partial charge in [-0.25, -0.2) is 32.3 Å². The standard InChI is InChI=1S/C21H23F4N5O2/c1-3-21(24,25)12-8-14(28-15(9-12)30-7-6-26-11(2)10-30)13-4-5-27-19-16(13)17(18(22)23)32-20(31)29-19/h4-5,8-9,11,17-18,26H,3,6-7,10H2,1-2H3,(H,27,29,31)/t11-,17+/m0/s1. The number of anilines is 2. The number of nitrogens with one attached hydrogen (secondary N) is 2. The number of hydrogen-bond donors (Lipinski definition) is 2. The Balaban J connectivity index is 1.89. The number of carbonyl (C=O) groups is 1. The Bertz CT molecular complexity index is 1020. The lowest BCUT2D eigenvalue weighted by Gasteiger charge is -2.33. The predicted octanol–water partition coefficient (Wildman–Crippen LogP) is 4.31. The number of amides is 1. The van der Waals surface area contributed by atoms with Crippen molar-refractivity contribution in [2.75, 3.05) is 29.9 Å². The molecule has 1 amide bonds. The van der Waals surface area contributed by atoms with Crippen molar-refractivity contribution in [2.45, 2.75) is 44.8 Å². The zero-order valence-corrected chi connectivity index (χ0v) is 17.5. The van der Waals surface area contributed by atoms with E-state index < -0.39 is 31.0 Å². The summed E-state index contributed by atoms with van der Waals surface area (Å²) in [7, 11) is 0. The van der Waals surface area contributed by atoms with Gasteiger partial charge in [0.25, 0.3) is 12.3 Å². The number of aromatic nitrogens is 2. The van der Waals surface area contributed by atoms with Gasteiger partial charge >= 0.3 is 6.09 Å². The minimum absolute atomic E-state index is 0.0841. The molecule has 0 spiro atoms. The van der Waals surface area contributed by atoms with E-state index in [2.05, 4.69) is 20.6 Å². The fraction of sp³-hybridized carbons (Fsp3) is 0.476. The normalized spacial score (nSPS) is 21.2. The van der Waals surface area contributed by atoms with E-state index in [9.17, 15) is 22.4 Å². The summed E-state index contributed by atoms with van der Waals surface area (Å²) in [5, 5.41) is 5.58. The second-order valence-electron chi connectivity index (χ2n) is 7.86. The molecule has 1 fully saturated rings. The van der Waals surface area contributed by atoms with Crippen LogP contribution in [-0.2, 0) is 10.7 Å². The first-order valence-corrected chi connectivity index (χ1v) is 10.3. The zero-order valence-electron chi connectivity index (χ0n) is 17.5. The Kier molecular flexibility index (Phi) is 5.93. The van der Waals surface area contributed by atoms with Crippen molar-refractivity contribution in [3.8, 4) is 11.3 Å². The van der Waals surface area contributed by atoms with E-state index in [0.717, 1.165) is 0 Å². The van der Waals surface area contributed by atoms with E-state index in [1.54, 1.807) is 0 Å². The third-order valence-electron chi connectivity index (χ3n) is 5.60. The summed E-state index contributed by atoms with van der Waals surface area (Å²) in [6.45, 7) is 5.12. The van der Waals surface area contributed by atoms with Crippen molar-refractivity contribution >= 4 is 17.7 Å². The van der Waals surface area contributed by atoms with Crippen molar-refractivity contribution in [1.82, 2.24) is 15.3 Å². The Hall–Kier alpha value is -2.95. The van der Waals surface area contributed by atoms with E-state index in [1.165, 1.54) is 31.3 Å². The molecule has 2 aliphatic rings. The van der Waals surface area contributed by atoms with Gasteiger partial charge < -0.3 is 15.0 Å². The highest BCUT2D eigenvalue weighted by molar-refractivity contribution is 5.89. The summed E-state index contributed by atoms with van der Waals surface area (Å²) in [5.41, 5.74) is -0.114. The van der Waals surface area contributed by atoms with Crippen molar-refractivity contribution in [2.24, 2.45) is 0 Å². The van der Waals surface area contributed by atoms with E-state index in [0.29, 0.717) is 25.5 Å². The molecule has 0 unspecified atom stereocenters. The molecule has 32 heavy (non-hydrogen) atoms. The number of nitrogens with zero attached hydrogens (tertiary/aromatic N) is 3. The van der Waals surface area contributed by atoms with Crippen LogP contribution in [-0.4, -0.2) is 48.2 Å². The molecule has 1 saturated heterocycles. The molecule has 2 N–H and O–H groups in total. The third-order valence-corrected chi connectivity index (χ3v) is 5.60. The summed E-state index contributed by atoms with van der Waals surface area (Å²) >= 11 is 0. The summed E-state index contributed by atoms with van der Waals surface area (Å²) in [4.78, 5) is 22.1. The molecule has 0 aliphatic carbocycles. The maximum Gasteiger partial charge on any atom is 0.413 e. The van der Waals surface area contributed by atoms with Crippen LogP contribution in [0.1, 0.15) is 37.5 Å². The minimum Gasteiger partial charge on any atom is -0.435 e. The topological polar surface area (TPSA) is 79.4 Å². The summed E-state index contributed by atoms with van der Waals surface area (Å²) in [5.74, 6) is -2.90. The van der Waals surface area contributed by atoms with Crippen LogP contribution < -0.4 is 15.5 Å². The number of alkyl halides is 4. The molecule has 2 aliphatic heterocycles. The molecule has 172 valence electrons. The Labute approximate surface area is 182 Å². The first kappa shape index (κ1) is 22.3. The molecular weight excluding hydrogens is 430 g/mol. The van der Waals surface area contributed by atoms with E-state index in [4.69, 9.17) is 4.74 Å². The van der Waals surface area contributed by atoms with Crippen LogP contribution in [0, 0.1) is 0 Å². The minimum atomic E-state index is -3.13. The maximum atomic E-state index is 14.7. The monoisotopic (exact) mass is 453 g/mol. The fourth-order valence-electron chi connectivity index (χ4n) is 3.93. The number of piperazine rings is 1. The highest BCUT2D eigenvalue weighted by Gasteiger charge is 2.38. The number of hydrogen-bond acceptors (Lipinski definition) is 6. The molecule has 2 atom stereocenters. The molecule has 0 saturated carbocycles.